The standard InChI is InChI=1S/C28H25Cl2N2OSi/c1-28(2,3)25-26(29)20(17-24(27(25)30)32-16-10-11-21(32)18-31)19-33-34(22-12-6-4-7-13-22)23-14-8-5-9-15-23/h4-17H,19H2,1-3H3. The highest BCUT2D eigenvalue weighted by Crippen LogP contribution is 2.41. The minimum atomic E-state index is -1.50. The van der Waals surface area contributed by atoms with Crippen LogP contribution in [0.15, 0.2) is 85.1 Å². The number of nitriles is 1. The summed E-state index contributed by atoms with van der Waals surface area (Å²) in [7, 11) is -1.50. The Morgan fingerprint density at radius 2 is 1.47 bits per heavy atom. The fourth-order valence-electron chi connectivity index (χ4n) is 3.96. The molecule has 0 bridgehead atoms. The third-order valence-corrected chi connectivity index (χ3v) is 8.54. The molecule has 1 radical (unpaired) electrons. The fraction of sp³-hybridized carbons (Fsp3) is 0.179. The van der Waals surface area contributed by atoms with Crippen molar-refractivity contribution in [2.24, 2.45) is 0 Å². The van der Waals surface area contributed by atoms with Gasteiger partial charge in [-0.1, -0.05) is 105 Å². The number of hydrogen-bond acceptors (Lipinski definition) is 2. The van der Waals surface area contributed by atoms with Crippen molar-refractivity contribution in [3.63, 3.8) is 0 Å². The van der Waals surface area contributed by atoms with Crippen LogP contribution < -0.4 is 10.4 Å². The van der Waals surface area contributed by atoms with Gasteiger partial charge in [0.2, 0.25) is 0 Å². The molecule has 0 saturated heterocycles. The van der Waals surface area contributed by atoms with Crippen molar-refractivity contribution < 1.29 is 4.43 Å². The highest BCUT2D eigenvalue weighted by Gasteiger charge is 2.27. The Morgan fingerprint density at radius 3 is 2.00 bits per heavy atom. The molecule has 4 aromatic rings. The first kappa shape index (κ1) is 24.3. The molecule has 34 heavy (non-hydrogen) atoms. The summed E-state index contributed by atoms with van der Waals surface area (Å²) in [6.07, 6.45) is 1.84. The number of hydrogen-bond donors (Lipinski definition) is 0. The summed E-state index contributed by atoms with van der Waals surface area (Å²) in [5, 5.41) is 13.1. The number of benzene rings is 3. The first-order valence-corrected chi connectivity index (χ1v) is 13.2. The van der Waals surface area contributed by atoms with Crippen molar-refractivity contribution in [1.82, 2.24) is 4.57 Å². The predicted octanol–water partition coefficient (Wildman–Crippen LogP) is 6.28. The van der Waals surface area contributed by atoms with Crippen molar-refractivity contribution in [1.29, 1.82) is 5.26 Å². The van der Waals surface area contributed by atoms with Gasteiger partial charge in [-0.25, -0.2) is 0 Å². The zero-order chi connectivity index (χ0) is 24.3. The van der Waals surface area contributed by atoms with Crippen molar-refractivity contribution in [2.45, 2.75) is 32.8 Å². The third-order valence-electron chi connectivity index (χ3n) is 5.57. The molecule has 0 N–H and O–H groups in total. The van der Waals surface area contributed by atoms with E-state index in [1.54, 1.807) is 10.6 Å². The molecule has 0 aliphatic carbocycles. The maximum absolute atomic E-state index is 9.58. The van der Waals surface area contributed by atoms with Crippen LogP contribution in [-0.2, 0) is 16.4 Å². The van der Waals surface area contributed by atoms with Crippen LogP contribution in [0.2, 0.25) is 10.0 Å². The molecule has 1 heterocycles. The Kier molecular flexibility index (Phi) is 7.30. The summed E-state index contributed by atoms with van der Waals surface area (Å²) < 4.78 is 8.42. The van der Waals surface area contributed by atoms with Crippen LogP contribution in [0, 0.1) is 11.3 Å². The van der Waals surface area contributed by atoms with Crippen LogP contribution in [-0.4, -0.2) is 13.6 Å². The van der Waals surface area contributed by atoms with E-state index in [0.717, 1.165) is 27.2 Å². The number of rotatable bonds is 6. The Morgan fingerprint density at radius 1 is 0.882 bits per heavy atom. The highest BCUT2D eigenvalue weighted by molar-refractivity contribution is 6.80. The van der Waals surface area contributed by atoms with Crippen LogP contribution in [0.1, 0.15) is 37.6 Å². The zero-order valence-electron chi connectivity index (χ0n) is 19.3. The lowest BCUT2D eigenvalue weighted by Crippen LogP contribution is -2.44. The van der Waals surface area contributed by atoms with E-state index in [1.165, 1.54) is 0 Å². The number of nitrogens with zero attached hydrogens (tertiary/aromatic N) is 2. The summed E-state index contributed by atoms with van der Waals surface area (Å²) in [4.78, 5) is 0. The van der Waals surface area contributed by atoms with Gasteiger partial charge in [0.1, 0.15) is 11.8 Å². The molecule has 0 unspecified atom stereocenters. The van der Waals surface area contributed by atoms with Gasteiger partial charge in [-0.15, -0.1) is 0 Å². The molecule has 4 rings (SSSR count). The molecular formula is C28H25Cl2N2OSi. The first-order chi connectivity index (χ1) is 16.3. The Labute approximate surface area is 212 Å². The van der Waals surface area contributed by atoms with Gasteiger partial charge in [-0.3, -0.25) is 0 Å². The second-order valence-corrected chi connectivity index (χ2v) is 11.9. The topological polar surface area (TPSA) is 38.0 Å². The summed E-state index contributed by atoms with van der Waals surface area (Å²) in [6, 6.07) is 28.4. The average Bonchev–Trinajstić information content (AvgIpc) is 3.30. The number of halogens is 2. The van der Waals surface area contributed by atoms with Gasteiger partial charge in [0, 0.05) is 6.20 Å². The van der Waals surface area contributed by atoms with E-state index in [0.29, 0.717) is 22.3 Å². The van der Waals surface area contributed by atoms with Crippen LogP contribution in [0.4, 0.5) is 0 Å². The summed E-state index contributed by atoms with van der Waals surface area (Å²) >= 11 is 13.9. The highest BCUT2D eigenvalue weighted by atomic mass is 35.5. The molecule has 171 valence electrons. The summed E-state index contributed by atoms with van der Waals surface area (Å²) in [5.74, 6) is 0. The molecule has 3 aromatic carbocycles. The normalized spacial score (nSPS) is 11.6. The molecule has 6 heteroatoms. The van der Waals surface area contributed by atoms with Gasteiger partial charge in [-0.2, -0.15) is 5.26 Å². The fourth-order valence-corrected chi connectivity index (χ4v) is 6.98. The van der Waals surface area contributed by atoms with Crippen molar-refractivity contribution in [3.05, 3.63) is 112 Å². The van der Waals surface area contributed by atoms with Gasteiger partial charge < -0.3 is 8.99 Å². The molecule has 0 amide bonds. The van der Waals surface area contributed by atoms with Crippen LogP contribution in [0.25, 0.3) is 5.69 Å². The molecule has 0 atom stereocenters. The molecule has 0 fully saturated rings. The second-order valence-electron chi connectivity index (χ2n) is 9.03. The average molecular weight is 505 g/mol. The SMILES string of the molecule is CC(C)(C)c1c(Cl)c(CO[Si](c2ccccc2)c2ccccc2)cc(-n2cccc2C#N)c1Cl. The van der Waals surface area contributed by atoms with E-state index in [4.69, 9.17) is 27.6 Å². The van der Waals surface area contributed by atoms with Crippen molar-refractivity contribution in [3.8, 4) is 11.8 Å². The summed E-state index contributed by atoms with van der Waals surface area (Å²) in [5.41, 5.74) is 2.63. The minimum absolute atomic E-state index is 0.300. The van der Waals surface area contributed by atoms with Crippen molar-refractivity contribution >= 4 is 42.6 Å². The molecule has 0 aliphatic rings. The largest absolute Gasteiger partial charge is 0.403 e. The maximum Gasteiger partial charge on any atom is 0.283 e. The minimum Gasteiger partial charge on any atom is -0.403 e. The van der Waals surface area contributed by atoms with E-state index in [1.807, 2.05) is 54.7 Å². The van der Waals surface area contributed by atoms with Gasteiger partial charge in [-0.05, 0) is 45.1 Å². The Bertz CT molecular complexity index is 1280. The second kappa shape index (κ2) is 10.2. The van der Waals surface area contributed by atoms with Gasteiger partial charge in [0.15, 0.2) is 0 Å². The molecule has 0 spiro atoms. The van der Waals surface area contributed by atoms with E-state index in [9.17, 15) is 5.26 Å². The zero-order valence-corrected chi connectivity index (χ0v) is 21.9. The molecule has 0 saturated carbocycles. The van der Waals surface area contributed by atoms with Crippen LogP contribution in [0.5, 0.6) is 0 Å². The van der Waals surface area contributed by atoms with Gasteiger partial charge in [0.05, 0.1) is 22.3 Å². The maximum atomic E-state index is 9.58. The van der Waals surface area contributed by atoms with E-state index < -0.39 is 9.04 Å². The Hall–Kier alpha value is -2.81. The first-order valence-electron chi connectivity index (χ1n) is 11.0. The molecule has 0 aliphatic heterocycles. The lowest BCUT2D eigenvalue weighted by molar-refractivity contribution is 0.321. The van der Waals surface area contributed by atoms with Crippen LogP contribution >= 0.6 is 23.2 Å². The Balaban J connectivity index is 1.79. The quantitative estimate of drug-likeness (QED) is 0.290. The lowest BCUT2D eigenvalue weighted by atomic mass is 9.85. The van der Waals surface area contributed by atoms with E-state index >= 15 is 0 Å². The van der Waals surface area contributed by atoms with E-state index in [-0.39, 0.29) is 5.41 Å². The van der Waals surface area contributed by atoms with Gasteiger partial charge >= 0.3 is 0 Å². The molecule has 1 aromatic heterocycles. The van der Waals surface area contributed by atoms with Crippen molar-refractivity contribution in [2.75, 3.05) is 0 Å². The van der Waals surface area contributed by atoms with Gasteiger partial charge in [0.25, 0.3) is 9.04 Å². The monoisotopic (exact) mass is 503 g/mol. The number of aromatic nitrogens is 1. The lowest BCUT2D eigenvalue weighted by Gasteiger charge is -2.27. The predicted molar refractivity (Wildman–Crippen MR) is 142 cm³/mol. The van der Waals surface area contributed by atoms with E-state index in [2.05, 4.69) is 51.1 Å². The molecular weight excluding hydrogens is 479 g/mol. The summed E-state index contributed by atoms with van der Waals surface area (Å²) in [6.45, 7) is 6.57. The van der Waals surface area contributed by atoms with Crippen LogP contribution in [0.3, 0.4) is 0 Å². The third kappa shape index (κ3) is 4.99. The molecule has 3 nitrogen and oxygen atoms in total. The smallest absolute Gasteiger partial charge is 0.283 e.